The summed E-state index contributed by atoms with van der Waals surface area (Å²) in [4.78, 5) is 12.8. The number of hydrogen-bond acceptors (Lipinski definition) is 3. The van der Waals surface area contributed by atoms with Gasteiger partial charge in [-0.1, -0.05) is 43.3 Å². The molecule has 4 heteroatoms. The van der Waals surface area contributed by atoms with E-state index < -0.39 is 0 Å². The van der Waals surface area contributed by atoms with Gasteiger partial charge in [-0.05, 0) is 60.6 Å². The second-order valence-electron chi connectivity index (χ2n) is 7.77. The van der Waals surface area contributed by atoms with Crippen molar-refractivity contribution in [3.63, 3.8) is 0 Å². The van der Waals surface area contributed by atoms with E-state index in [1.54, 1.807) is 35.9 Å². The lowest BCUT2D eigenvalue weighted by Gasteiger charge is -2.17. The van der Waals surface area contributed by atoms with Crippen LogP contribution in [-0.2, 0) is 13.5 Å². The molecule has 0 saturated carbocycles. The van der Waals surface area contributed by atoms with Gasteiger partial charge in [0, 0.05) is 17.8 Å². The number of nitrogens with zero attached hydrogens (tertiary/aromatic N) is 1. The fourth-order valence-electron chi connectivity index (χ4n) is 4.17. The van der Waals surface area contributed by atoms with Gasteiger partial charge in [-0.2, -0.15) is 0 Å². The molecule has 1 heterocycles. The van der Waals surface area contributed by atoms with Crippen molar-refractivity contribution in [3.8, 4) is 11.5 Å². The molecule has 4 aromatic rings. The second-order valence-corrected chi connectivity index (χ2v) is 7.77. The number of phenols is 2. The van der Waals surface area contributed by atoms with E-state index in [-0.39, 0.29) is 23.0 Å². The van der Waals surface area contributed by atoms with E-state index in [0.29, 0.717) is 21.7 Å². The smallest absolute Gasteiger partial charge is 0.258 e. The van der Waals surface area contributed by atoms with E-state index in [0.717, 1.165) is 24.8 Å². The maximum absolute atomic E-state index is 12.8. The molecule has 0 aliphatic heterocycles. The molecule has 29 heavy (non-hydrogen) atoms. The minimum absolute atomic E-state index is 0.0493. The molecule has 0 aliphatic carbocycles. The standard InChI is InChI=1S/C25H25NO3/c1-16(8-6-11-17-9-4-3-5-10-17)19-14-21-20(15-23(19)28)24-18(25(29)26(21)2)12-7-13-22(24)27/h3-5,7,9-10,12-16,27-28H,6,8,11H2,1-2H3. The van der Waals surface area contributed by atoms with E-state index in [1.165, 1.54) is 5.56 Å². The quantitative estimate of drug-likeness (QED) is 0.461. The fraction of sp³-hybridized carbons (Fsp3) is 0.240. The highest BCUT2D eigenvalue weighted by atomic mass is 16.3. The molecule has 4 rings (SSSR count). The molecule has 148 valence electrons. The van der Waals surface area contributed by atoms with Gasteiger partial charge in [0.25, 0.3) is 5.56 Å². The minimum atomic E-state index is -0.156. The maximum Gasteiger partial charge on any atom is 0.258 e. The van der Waals surface area contributed by atoms with Gasteiger partial charge in [0.15, 0.2) is 0 Å². The topological polar surface area (TPSA) is 62.5 Å². The molecular formula is C25H25NO3. The summed E-state index contributed by atoms with van der Waals surface area (Å²) < 4.78 is 1.59. The van der Waals surface area contributed by atoms with E-state index in [2.05, 4.69) is 19.1 Å². The van der Waals surface area contributed by atoms with Crippen LogP contribution < -0.4 is 5.56 Å². The second kappa shape index (κ2) is 7.63. The van der Waals surface area contributed by atoms with Crippen molar-refractivity contribution in [3.05, 3.63) is 82.1 Å². The lowest BCUT2D eigenvalue weighted by atomic mass is 9.91. The Morgan fingerprint density at radius 1 is 0.931 bits per heavy atom. The lowest BCUT2D eigenvalue weighted by Crippen LogP contribution is -2.17. The third-order valence-corrected chi connectivity index (χ3v) is 5.83. The number of hydrogen-bond donors (Lipinski definition) is 2. The Morgan fingerprint density at radius 2 is 1.69 bits per heavy atom. The average molecular weight is 387 g/mol. The summed E-state index contributed by atoms with van der Waals surface area (Å²) in [5, 5.41) is 22.7. The highest BCUT2D eigenvalue weighted by Gasteiger charge is 2.17. The molecule has 0 spiro atoms. The van der Waals surface area contributed by atoms with Crippen LogP contribution in [0, 0.1) is 0 Å². The molecule has 0 saturated heterocycles. The largest absolute Gasteiger partial charge is 0.508 e. The number of aromatic nitrogens is 1. The summed E-state index contributed by atoms with van der Waals surface area (Å²) >= 11 is 0. The summed E-state index contributed by atoms with van der Waals surface area (Å²) in [7, 11) is 1.73. The molecule has 2 N–H and O–H groups in total. The third-order valence-electron chi connectivity index (χ3n) is 5.83. The van der Waals surface area contributed by atoms with Gasteiger partial charge < -0.3 is 14.8 Å². The van der Waals surface area contributed by atoms with Crippen LogP contribution in [0.15, 0.2) is 65.5 Å². The molecule has 1 atom stereocenters. The van der Waals surface area contributed by atoms with Crippen LogP contribution in [0.5, 0.6) is 11.5 Å². The van der Waals surface area contributed by atoms with Crippen LogP contribution in [0.4, 0.5) is 0 Å². The Hall–Kier alpha value is -3.27. The van der Waals surface area contributed by atoms with E-state index >= 15 is 0 Å². The van der Waals surface area contributed by atoms with Gasteiger partial charge in [-0.25, -0.2) is 0 Å². The van der Waals surface area contributed by atoms with Crippen LogP contribution in [-0.4, -0.2) is 14.8 Å². The predicted octanol–water partition coefficient (Wildman–Crippen LogP) is 5.23. The Morgan fingerprint density at radius 3 is 2.45 bits per heavy atom. The normalized spacial score (nSPS) is 12.5. The molecule has 1 aromatic heterocycles. The van der Waals surface area contributed by atoms with Crippen LogP contribution in [0.1, 0.15) is 36.8 Å². The average Bonchev–Trinajstić information content (AvgIpc) is 2.72. The van der Waals surface area contributed by atoms with Crippen molar-refractivity contribution >= 4 is 21.7 Å². The zero-order valence-corrected chi connectivity index (χ0v) is 16.7. The van der Waals surface area contributed by atoms with Crippen LogP contribution in [0.3, 0.4) is 0 Å². The van der Waals surface area contributed by atoms with Crippen molar-refractivity contribution in [2.45, 2.75) is 32.1 Å². The lowest BCUT2D eigenvalue weighted by molar-refractivity contribution is 0.460. The Balaban J connectivity index is 1.71. The predicted molar refractivity (Wildman–Crippen MR) is 118 cm³/mol. The first-order valence-corrected chi connectivity index (χ1v) is 9.98. The van der Waals surface area contributed by atoms with Crippen molar-refractivity contribution in [1.29, 1.82) is 0 Å². The molecule has 3 aromatic carbocycles. The van der Waals surface area contributed by atoms with Gasteiger partial charge in [-0.3, -0.25) is 4.79 Å². The minimum Gasteiger partial charge on any atom is -0.508 e. The van der Waals surface area contributed by atoms with Crippen molar-refractivity contribution in [2.75, 3.05) is 0 Å². The molecule has 0 bridgehead atoms. The summed E-state index contributed by atoms with van der Waals surface area (Å²) in [6.45, 7) is 2.10. The summed E-state index contributed by atoms with van der Waals surface area (Å²) in [6, 6.07) is 18.9. The van der Waals surface area contributed by atoms with E-state index in [4.69, 9.17) is 0 Å². The third kappa shape index (κ3) is 3.46. The molecule has 0 radical (unpaired) electrons. The Bertz CT molecular complexity index is 1240. The van der Waals surface area contributed by atoms with Gasteiger partial charge in [-0.15, -0.1) is 0 Å². The first-order chi connectivity index (χ1) is 14.0. The van der Waals surface area contributed by atoms with E-state index in [9.17, 15) is 15.0 Å². The highest BCUT2D eigenvalue weighted by Crippen LogP contribution is 2.37. The molecule has 0 amide bonds. The molecule has 1 unspecified atom stereocenters. The number of benzene rings is 3. The monoisotopic (exact) mass is 387 g/mol. The summed E-state index contributed by atoms with van der Waals surface area (Å²) in [5.41, 5.74) is 2.70. The number of aromatic hydroxyl groups is 2. The number of fused-ring (bicyclic) bond motifs is 3. The van der Waals surface area contributed by atoms with Gasteiger partial charge >= 0.3 is 0 Å². The molecule has 0 aliphatic rings. The first-order valence-electron chi connectivity index (χ1n) is 9.98. The van der Waals surface area contributed by atoms with Gasteiger partial charge in [0.05, 0.1) is 10.9 Å². The number of phenolic OH excluding ortho intramolecular Hbond substituents is 2. The maximum atomic E-state index is 12.8. The van der Waals surface area contributed by atoms with Crippen LogP contribution in [0.25, 0.3) is 21.7 Å². The molecule has 4 nitrogen and oxygen atoms in total. The van der Waals surface area contributed by atoms with E-state index in [1.807, 2.05) is 24.3 Å². The SMILES string of the molecule is CC(CCCc1ccccc1)c1cc2c(cc1O)c1c(O)cccc1c(=O)n2C. The number of aryl methyl sites for hydroxylation is 2. The number of pyridine rings is 1. The fourth-order valence-corrected chi connectivity index (χ4v) is 4.17. The molecule has 0 fully saturated rings. The van der Waals surface area contributed by atoms with Crippen LogP contribution >= 0.6 is 0 Å². The highest BCUT2D eigenvalue weighted by molar-refractivity contribution is 6.09. The summed E-state index contributed by atoms with van der Waals surface area (Å²) in [5.74, 6) is 0.402. The Kier molecular flexibility index (Phi) is 5.01. The van der Waals surface area contributed by atoms with Crippen LogP contribution in [0.2, 0.25) is 0 Å². The number of rotatable bonds is 5. The Labute approximate surface area is 169 Å². The first kappa shape index (κ1) is 19.1. The van der Waals surface area contributed by atoms with Crippen molar-refractivity contribution in [1.82, 2.24) is 4.57 Å². The van der Waals surface area contributed by atoms with Gasteiger partial charge in [0.1, 0.15) is 11.5 Å². The zero-order chi connectivity index (χ0) is 20.5. The molecular weight excluding hydrogens is 362 g/mol. The van der Waals surface area contributed by atoms with Crippen molar-refractivity contribution < 1.29 is 10.2 Å². The van der Waals surface area contributed by atoms with Gasteiger partial charge in [0.2, 0.25) is 0 Å². The summed E-state index contributed by atoms with van der Waals surface area (Å²) in [6.07, 6.45) is 2.94. The zero-order valence-electron chi connectivity index (χ0n) is 16.7. The van der Waals surface area contributed by atoms with Crippen molar-refractivity contribution in [2.24, 2.45) is 7.05 Å².